The molecule has 2 N–H and O–H groups in total. The van der Waals surface area contributed by atoms with Crippen LogP contribution in [0.4, 0.5) is 10.5 Å². The minimum Gasteiger partial charge on any atom is -0.481 e. The van der Waals surface area contributed by atoms with Gasteiger partial charge in [0.1, 0.15) is 12.2 Å². The van der Waals surface area contributed by atoms with Crippen molar-refractivity contribution in [1.82, 2.24) is 14.5 Å². The number of nitrogens with zero attached hydrogens (tertiary/aromatic N) is 3. The van der Waals surface area contributed by atoms with Crippen molar-refractivity contribution in [1.29, 1.82) is 0 Å². The summed E-state index contributed by atoms with van der Waals surface area (Å²) in [4.78, 5) is 21.0. The highest BCUT2D eigenvalue weighted by Gasteiger charge is 2.19. The van der Waals surface area contributed by atoms with Crippen LogP contribution in [0.15, 0.2) is 42.6 Å². The van der Waals surface area contributed by atoms with Gasteiger partial charge in [0.05, 0.1) is 29.5 Å². The van der Waals surface area contributed by atoms with E-state index in [2.05, 4.69) is 9.97 Å². The van der Waals surface area contributed by atoms with E-state index in [4.69, 9.17) is 19.9 Å². The van der Waals surface area contributed by atoms with Crippen LogP contribution in [0.2, 0.25) is 0 Å². The Labute approximate surface area is 168 Å². The van der Waals surface area contributed by atoms with Crippen molar-refractivity contribution in [3.05, 3.63) is 48.3 Å². The predicted octanol–water partition coefficient (Wildman–Crippen LogP) is 3.90. The minimum absolute atomic E-state index is 0.281. The molecule has 0 spiro atoms. The predicted molar refractivity (Wildman–Crippen MR) is 111 cm³/mol. The van der Waals surface area contributed by atoms with Crippen molar-refractivity contribution in [2.45, 2.75) is 26.4 Å². The lowest BCUT2D eigenvalue weighted by Gasteiger charge is -2.19. The van der Waals surface area contributed by atoms with E-state index in [0.29, 0.717) is 34.2 Å². The van der Waals surface area contributed by atoms with E-state index < -0.39 is 11.7 Å². The van der Waals surface area contributed by atoms with Gasteiger partial charge in [-0.15, -0.1) is 0 Å². The summed E-state index contributed by atoms with van der Waals surface area (Å²) in [6.07, 6.45) is 4.73. The monoisotopic (exact) mass is 396 g/mol. The molecule has 0 saturated heterocycles. The van der Waals surface area contributed by atoms with Gasteiger partial charge in [-0.25, -0.2) is 14.8 Å². The van der Waals surface area contributed by atoms with Gasteiger partial charge in [-0.1, -0.05) is 0 Å². The van der Waals surface area contributed by atoms with Crippen LogP contribution in [0.5, 0.6) is 11.8 Å². The third-order valence-electron chi connectivity index (χ3n) is 3.85. The Kier molecular flexibility index (Phi) is 5.72. The van der Waals surface area contributed by atoms with Gasteiger partial charge in [0.2, 0.25) is 11.8 Å². The number of methoxy groups -OCH3 is 1. The topological polar surface area (TPSA) is 101 Å². The number of hydrogen-bond acceptors (Lipinski definition) is 7. The zero-order valence-corrected chi connectivity index (χ0v) is 16.9. The number of rotatable bonds is 5. The van der Waals surface area contributed by atoms with Crippen molar-refractivity contribution >= 4 is 28.9 Å². The van der Waals surface area contributed by atoms with E-state index in [0.717, 1.165) is 0 Å². The molecule has 0 amide bonds. The molecule has 0 fully saturated rings. The Bertz CT molecular complexity index is 1050. The molecule has 0 aromatic carbocycles. The molecule has 29 heavy (non-hydrogen) atoms. The normalized spacial score (nSPS) is 11.7. The zero-order valence-electron chi connectivity index (χ0n) is 16.9. The van der Waals surface area contributed by atoms with Crippen LogP contribution in [-0.4, -0.2) is 39.9 Å². The Morgan fingerprint density at radius 3 is 2.62 bits per heavy atom. The van der Waals surface area contributed by atoms with Crippen molar-refractivity contribution in [2.24, 2.45) is 0 Å². The van der Waals surface area contributed by atoms with Gasteiger partial charge in [-0.2, -0.15) is 0 Å². The highest BCUT2D eigenvalue weighted by Crippen LogP contribution is 2.20. The van der Waals surface area contributed by atoms with Gasteiger partial charge >= 0.3 is 6.09 Å². The molecular formula is C21H24N4O4. The molecule has 0 aliphatic rings. The number of aromatic nitrogens is 3. The number of ether oxygens (including phenoxy) is 3. The summed E-state index contributed by atoms with van der Waals surface area (Å²) in [7, 11) is 1.55. The van der Waals surface area contributed by atoms with Crippen molar-refractivity contribution in [2.75, 3.05) is 19.5 Å². The molecule has 8 nitrogen and oxygen atoms in total. The van der Waals surface area contributed by atoms with Gasteiger partial charge in [-0.3, -0.25) is 4.57 Å². The number of carbonyl (C=O) groups is 1. The van der Waals surface area contributed by atoms with Crippen LogP contribution in [-0.2, 0) is 4.74 Å². The lowest BCUT2D eigenvalue weighted by Crippen LogP contribution is -2.26. The second-order valence-electron chi connectivity index (χ2n) is 7.26. The quantitative estimate of drug-likeness (QED) is 0.698. The maximum Gasteiger partial charge on any atom is 0.419 e. The fraction of sp³-hybridized carbons (Fsp3) is 0.286. The molecule has 0 atom stereocenters. The molecule has 0 radical (unpaired) electrons. The van der Waals surface area contributed by atoms with E-state index in [1.807, 2.05) is 20.8 Å². The fourth-order valence-electron chi connectivity index (χ4n) is 2.56. The molecule has 152 valence electrons. The molecule has 3 heterocycles. The van der Waals surface area contributed by atoms with Gasteiger partial charge in [0.15, 0.2) is 0 Å². The van der Waals surface area contributed by atoms with Gasteiger partial charge in [0.25, 0.3) is 0 Å². The summed E-state index contributed by atoms with van der Waals surface area (Å²) >= 11 is 0. The molecule has 8 heteroatoms. The van der Waals surface area contributed by atoms with Crippen molar-refractivity contribution < 1.29 is 19.0 Å². The Balaban J connectivity index is 1.67. The first-order valence-corrected chi connectivity index (χ1v) is 9.08. The minimum atomic E-state index is -0.572. The molecule has 0 aliphatic heterocycles. The number of carbonyl (C=O) groups excluding carboxylic acids is 1. The van der Waals surface area contributed by atoms with Crippen molar-refractivity contribution in [3.8, 4) is 11.8 Å². The summed E-state index contributed by atoms with van der Waals surface area (Å²) < 4.78 is 17.6. The molecule has 0 aliphatic carbocycles. The maximum absolute atomic E-state index is 12.3. The molecule has 0 bridgehead atoms. The van der Waals surface area contributed by atoms with Crippen LogP contribution in [0.3, 0.4) is 0 Å². The van der Waals surface area contributed by atoms with Gasteiger partial charge in [-0.05, 0) is 51.1 Å². The SMILES string of the molecule is COc1ccc(N)c(/C=C/COc2ccc3c(ccn3C(=O)OC(C)(C)C)n2)n1. The third-order valence-corrected chi connectivity index (χ3v) is 3.85. The van der Waals surface area contributed by atoms with Crippen LogP contribution in [0, 0.1) is 0 Å². The van der Waals surface area contributed by atoms with Crippen LogP contribution >= 0.6 is 0 Å². The summed E-state index contributed by atoms with van der Waals surface area (Å²) in [5, 5.41) is 0. The smallest absolute Gasteiger partial charge is 0.419 e. The number of pyridine rings is 2. The first kappa shape index (κ1) is 20.2. The fourth-order valence-corrected chi connectivity index (χ4v) is 2.56. The average molecular weight is 396 g/mol. The highest BCUT2D eigenvalue weighted by molar-refractivity contribution is 5.87. The zero-order chi connectivity index (χ0) is 21.0. The summed E-state index contributed by atoms with van der Waals surface area (Å²) in [6, 6.07) is 8.65. The summed E-state index contributed by atoms with van der Waals surface area (Å²) in [5.41, 5.74) is 7.76. The standard InChI is InChI=1S/C21H24N4O4/c1-21(2,3)29-20(26)25-12-11-16-17(25)8-10-19(24-16)28-13-5-6-15-14(22)7-9-18(23-15)27-4/h5-12H,13,22H2,1-4H3/b6-5+. The van der Waals surface area contributed by atoms with Crippen LogP contribution in [0.25, 0.3) is 17.1 Å². The lowest BCUT2D eigenvalue weighted by atomic mass is 10.2. The number of anilines is 1. The van der Waals surface area contributed by atoms with Gasteiger partial charge < -0.3 is 19.9 Å². The third kappa shape index (κ3) is 5.04. The average Bonchev–Trinajstić information content (AvgIpc) is 3.08. The molecule has 0 unspecified atom stereocenters. The number of hydrogen-bond donors (Lipinski definition) is 1. The number of fused-ring (bicyclic) bond motifs is 1. The summed E-state index contributed by atoms with van der Waals surface area (Å²) in [5.74, 6) is 0.928. The highest BCUT2D eigenvalue weighted by atomic mass is 16.6. The Morgan fingerprint density at radius 1 is 1.14 bits per heavy atom. The van der Waals surface area contributed by atoms with E-state index in [1.165, 1.54) is 4.57 Å². The first-order valence-electron chi connectivity index (χ1n) is 9.08. The largest absolute Gasteiger partial charge is 0.481 e. The van der Waals surface area contributed by atoms with Crippen LogP contribution in [0.1, 0.15) is 26.5 Å². The first-order chi connectivity index (χ1) is 13.8. The number of nitrogen functional groups attached to an aromatic ring is 1. The molecule has 3 aromatic rings. The Morgan fingerprint density at radius 2 is 1.90 bits per heavy atom. The molecular weight excluding hydrogens is 372 g/mol. The number of nitrogens with two attached hydrogens (primary N) is 1. The second kappa shape index (κ2) is 8.22. The second-order valence-corrected chi connectivity index (χ2v) is 7.26. The molecule has 3 aromatic heterocycles. The molecule has 0 saturated carbocycles. The van der Waals surface area contributed by atoms with E-state index in [9.17, 15) is 4.79 Å². The van der Waals surface area contributed by atoms with E-state index in [1.54, 1.807) is 55.8 Å². The van der Waals surface area contributed by atoms with E-state index in [-0.39, 0.29) is 6.61 Å². The van der Waals surface area contributed by atoms with E-state index >= 15 is 0 Å². The maximum atomic E-state index is 12.3. The van der Waals surface area contributed by atoms with Crippen LogP contribution < -0.4 is 15.2 Å². The summed E-state index contributed by atoms with van der Waals surface area (Å²) in [6.45, 7) is 5.75. The molecule has 3 rings (SSSR count). The van der Waals surface area contributed by atoms with Crippen molar-refractivity contribution in [3.63, 3.8) is 0 Å². The van der Waals surface area contributed by atoms with Gasteiger partial charge in [0, 0.05) is 18.3 Å². The Hall–Kier alpha value is -3.55. The lowest BCUT2D eigenvalue weighted by molar-refractivity contribution is 0.0544.